The molecule has 0 unspecified atom stereocenters. The summed E-state index contributed by atoms with van der Waals surface area (Å²) in [6.07, 6.45) is -1.07. The number of anilines is 1. The topological polar surface area (TPSA) is 68.5 Å². The largest absolute Gasteiger partial charge is 0.449 e. The Kier molecular flexibility index (Phi) is 4.52. The minimum Gasteiger partial charge on any atom is -0.449 e. The number of carbonyl (C=O) groups is 2. The SMILES string of the molecule is Cc1c(C(=O)O[C@@H](C)C(=O)Nc2cccc(F)c2)oc2ccccc12. The molecule has 0 spiro atoms. The zero-order chi connectivity index (χ0) is 18.0. The standard InChI is InChI=1S/C19H16FNO4/c1-11-15-8-3-4-9-16(15)25-17(11)19(23)24-12(2)18(22)21-14-7-5-6-13(20)10-14/h3-10,12H,1-2H3,(H,21,22)/t12-/m0/s1. The van der Waals surface area contributed by atoms with Crippen LogP contribution in [0, 0.1) is 12.7 Å². The maximum Gasteiger partial charge on any atom is 0.375 e. The Bertz CT molecular complexity index is 948. The van der Waals surface area contributed by atoms with E-state index < -0.39 is 23.8 Å². The first-order valence-corrected chi connectivity index (χ1v) is 7.71. The Hall–Kier alpha value is -3.15. The third-order valence-electron chi connectivity index (χ3n) is 3.77. The van der Waals surface area contributed by atoms with E-state index >= 15 is 0 Å². The van der Waals surface area contributed by atoms with Crippen molar-refractivity contribution in [1.82, 2.24) is 0 Å². The number of ether oxygens (including phenoxy) is 1. The molecule has 1 amide bonds. The molecule has 3 rings (SSSR count). The Balaban J connectivity index is 1.71. The van der Waals surface area contributed by atoms with Crippen LogP contribution in [-0.2, 0) is 9.53 Å². The molecule has 0 aliphatic carbocycles. The number of rotatable bonds is 4. The van der Waals surface area contributed by atoms with Crippen LogP contribution in [0.4, 0.5) is 10.1 Å². The normalized spacial score (nSPS) is 12.0. The lowest BCUT2D eigenvalue weighted by Crippen LogP contribution is -2.30. The summed E-state index contributed by atoms with van der Waals surface area (Å²) < 4.78 is 23.8. The first kappa shape index (κ1) is 16.7. The molecule has 0 radical (unpaired) electrons. The van der Waals surface area contributed by atoms with Crippen LogP contribution < -0.4 is 5.32 Å². The molecule has 0 aliphatic rings. The number of hydrogen-bond acceptors (Lipinski definition) is 4. The van der Waals surface area contributed by atoms with Gasteiger partial charge in [-0.15, -0.1) is 0 Å². The van der Waals surface area contributed by atoms with Gasteiger partial charge >= 0.3 is 5.97 Å². The molecule has 0 saturated heterocycles. The smallest absolute Gasteiger partial charge is 0.375 e. The van der Waals surface area contributed by atoms with Gasteiger partial charge < -0.3 is 14.5 Å². The quantitative estimate of drug-likeness (QED) is 0.727. The van der Waals surface area contributed by atoms with Gasteiger partial charge in [-0.25, -0.2) is 9.18 Å². The molecule has 1 aromatic heterocycles. The molecular formula is C19H16FNO4. The number of halogens is 1. The minimum atomic E-state index is -1.07. The zero-order valence-electron chi connectivity index (χ0n) is 13.7. The molecule has 25 heavy (non-hydrogen) atoms. The number of aryl methyl sites for hydroxylation is 1. The van der Waals surface area contributed by atoms with Crippen molar-refractivity contribution in [2.45, 2.75) is 20.0 Å². The Morgan fingerprint density at radius 2 is 1.92 bits per heavy atom. The predicted molar refractivity (Wildman–Crippen MR) is 90.9 cm³/mol. The molecular weight excluding hydrogens is 325 g/mol. The van der Waals surface area contributed by atoms with Crippen molar-refractivity contribution < 1.29 is 23.1 Å². The Labute approximate surface area is 143 Å². The van der Waals surface area contributed by atoms with Crippen molar-refractivity contribution in [1.29, 1.82) is 0 Å². The van der Waals surface area contributed by atoms with Gasteiger partial charge in [-0.2, -0.15) is 0 Å². The van der Waals surface area contributed by atoms with Gasteiger partial charge in [-0.05, 0) is 38.1 Å². The molecule has 1 N–H and O–H groups in total. The lowest BCUT2D eigenvalue weighted by atomic mass is 10.1. The van der Waals surface area contributed by atoms with Crippen LogP contribution in [0.15, 0.2) is 52.9 Å². The van der Waals surface area contributed by atoms with Gasteiger partial charge in [0.15, 0.2) is 6.10 Å². The minimum absolute atomic E-state index is 0.0617. The first-order valence-electron chi connectivity index (χ1n) is 7.71. The molecule has 0 saturated carbocycles. The molecule has 1 heterocycles. The van der Waals surface area contributed by atoms with Crippen LogP contribution in [0.1, 0.15) is 23.0 Å². The highest BCUT2D eigenvalue weighted by Crippen LogP contribution is 2.25. The van der Waals surface area contributed by atoms with Gasteiger partial charge in [-0.1, -0.05) is 24.3 Å². The van der Waals surface area contributed by atoms with Gasteiger partial charge in [-0.3, -0.25) is 4.79 Å². The third kappa shape index (κ3) is 3.52. The Morgan fingerprint density at radius 3 is 2.64 bits per heavy atom. The maximum atomic E-state index is 13.1. The van der Waals surface area contributed by atoms with Crippen LogP contribution in [0.3, 0.4) is 0 Å². The van der Waals surface area contributed by atoms with Gasteiger partial charge in [0.05, 0.1) is 0 Å². The van der Waals surface area contributed by atoms with Gasteiger partial charge in [0.2, 0.25) is 5.76 Å². The molecule has 3 aromatic rings. The molecule has 5 nitrogen and oxygen atoms in total. The van der Waals surface area contributed by atoms with Crippen molar-refractivity contribution in [3.8, 4) is 0 Å². The summed E-state index contributed by atoms with van der Waals surface area (Å²) in [5.74, 6) is -1.70. The summed E-state index contributed by atoms with van der Waals surface area (Å²) in [4.78, 5) is 24.4. The summed E-state index contributed by atoms with van der Waals surface area (Å²) in [6, 6.07) is 12.7. The van der Waals surface area contributed by atoms with E-state index in [0.29, 0.717) is 11.1 Å². The number of benzene rings is 2. The van der Waals surface area contributed by atoms with E-state index in [1.54, 1.807) is 25.1 Å². The van der Waals surface area contributed by atoms with Gasteiger partial charge in [0.1, 0.15) is 11.4 Å². The van der Waals surface area contributed by atoms with Crippen LogP contribution in [0.2, 0.25) is 0 Å². The lowest BCUT2D eigenvalue weighted by Gasteiger charge is -2.13. The molecule has 0 aliphatic heterocycles. The summed E-state index contributed by atoms with van der Waals surface area (Å²) >= 11 is 0. The number of carbonyl (C=O) groups excluding carboxylic acids is 2. The fourth-order valence-electron chi connectivity index (χ4n) is 2.45. The van der Waals surface area contributed by atoms with E-state index in [4.69, 9.17) is 9.15 Å². The highest BCUT2D eigenvalue weighted by Gasteiger charge is 2.24. The van der Waals surface area contributed by atoms with Crippen molar-refractivity contribution >= 4 is 28.5 Å². The van der Waals surface area contributed by atoms with E-state index in [9.17, 15) is 14.0 Å². The van der Waals surface area contributed by atoms with E-state index in [1.807, 2.05) is 12.1 Å². The summed E-state index contributed by atoms with van der Waals surface area (Å²) in [5, 5.41) is 3.31. The van der Waals surface area contributed by atoms with Crippen LogP contribution in [0.5, 0.6) is 0 Å². The van der Waals surface area contributed by atoms with Gasteiger partial charge in [0.25, 0.3) is 5.91 Å². The molecule has 1 atom stereocenters. The second-order valence-corrected chi connectivity index (χ2v) is 5.60. The van der Waals surface area contributed by atoms with Crippen molar-refractivity contribution in [3.63, 3.8) is 0 Å². The Morgan fingerprint density at radius 1 is 1.16 bits per heavy atom. The van der Waals surface area contributed by atoms with Crippen molar-refractivity contribution in [2.75, 3.05) is 5.32 Å². The summed E-state index contributed by atoms with van der Waals surface area (Å²) in [7, 11) is 0. The number of para-hydroxylation sites is 1. The van der Waals surface area contributed by atoms with Crippen molar-refractivity contribution in [3.05, 3.63) is 65.7 Å². The van der Waals surface area contributed by atoms with E-state index in [-0.39, 0.29) is 11.4 Å². The molecule has 0 bridgehead atoms. The van der Waals surface area contributed by atoms with Crippen LogP contribution in [-0.4, -0.2) is 18.0 Å². The third-order valence-corrected chi connectivity index (χ3v) is 3.77. The fraction of sp³-hybridized carbons (Fsp3) is 0.158. The summed E-state index contributed by atoms with van der Waals surface area (Å²) in [5.41, 5.74) is 1.51. The zero-order valence-corrected chi connectivity index (χ0v) is 13.7. The molecule has 0 fully saturated rings. The monoisotopic (exact) mass is 341 g/mol. The number of hydrogen-bond donors (Lipinski definition) is 1. The average molecular weight is 341 g/mol. The highest BCUT2D eigenvalue weighted by molar-refractivity contribution is 5.99. The van der Waals surface area contributed by atoms with Crippen LogP contribution in [0.25, 0.3) is 11.0 Å². The number of nitrogens with one attached hydrogen (secondary N) is 1. The maximum absolute atomic E-state index is 13.1. The second-order valence-electron chi connectivity index (χ2n) is 5.60. The number of furan rings is 1. The van der Waals surface area contributed by atoms with E-state index in [1.165, 1.54) is 25.1 Å². The average Bonchev–Trinajstić information content (AvgIpc) is 2.92. The van der Waals surface area contributed by atoms with Crippen LogP contribution >= 0.6 is 0 Å². The lowest BCUT2D eigenvalue weighted by molar-refractivity contribution is -0.123. The second kappa shape index (κ2) is 6.76. The molecule has 2 aromatic carbocycles. The number of fused-ring (bicyclic) bond motifs is 1. The fourth-order valence-corrected chi connectivity index (χ4v) is 2.45. The predicted octanol–water partition coefficient (Wildman–Crippen LogP) is 4.06. The van der Waals surface area contributed by atoms with E-state index in [2.05, 4.69) is 5.32 Å². The molecule has 6 heteroatoms. The highest BCUT2D eigenvalue weighted by atomic mass is 19.1. The van der Waals surface area contributed by atoms with E-state index in [0.717, 1.165) is 5.39 Å². The van der Waals surface area contributed by atoms with Crippen molar-refractivity contribution in [2.24, 2.45) is 0 Å². The van der Waals surface area contributed by atoms with Gasteiger partial charge in [0, 0.05) is 16.6 Å². The number of amides is 1. The molecule has 128 valence electrons. The first-order chi connectivity index (χ1) is 12.0. The summed E-state index contributed by atoms with van der Waals surface area (Å²) in [6.45, 7) is 3.18. The number of esters is 1.